The highest BCUT2D eigenvalue weighted by Gasteiger charge is 2.54. The average Bonchev–Trinajstić information content (AvgIpc) is 3.02. The van der Waals surface area contributed by atoms with Crippen LogP contribution < -0.4 is 0 Å². The monoisotopic (exact) mass is 650 g/mol. The first kappa shape index (κ1) is 36.0. The summed E-state index contributed by atoms with van der Waals surface area (Å²) in [6.07, 6.45) is -31.8. The molecule has 19 unspecified atom stereocenters. The van der Waals surface area contributed by atoms with Gasteiger partial charge in [-0.15, -0.1) is 0 Å². The van der Waals surface area contributed by atoms with Gasteiger partial charge in [0.15, 0.2) is 18.9 Å². The first-order valence-corrected chi connectivity index (χ1v) is 14.0. The van der Waals surface area contributed by atoms with Gasteiger partial charge in [-0.25, -0.2) is 0 Å². The van der Waals surface area contributed by atoms with Crippen LogP contribution in [0.4, 0.5) is 0 Å². The molecule has 19 atom stereocenters. The lowest BCUT2D eigenvalue weighted by Gasteiger charge is -2.48. The predicted molar refractivity (Wildman–Crippen MR) is 133 cm³/mol. The standard InChI is InChI=1S/C24H42O20/c25-1-6-13(31)20(43-22-17(35)15(33)11(29)7(2-26)39-22)10(5-38-6)42-24-19(37)21(14(32)9(4-28)41-24)44-23-18(36)16(34)12(30)8(3-27)40-23/h6-37H,1-5H2. The van der Waals surface area contributed by atoms with Crippen molar-refractivity contribution in [3.8, 4) is 0 Å². The van der Waals surface area contributed by atoms with Crippen molar-refractivity contribution in [3.05, 3.63) is 0 Å². The molecule has 4 rings (SSSR count). The van der Waals surface area contributed by atoms with Crippen LogP contribution in [0.1, 0.15) is 0 Å². The highest BCUT2D eigenvalue weighted by molar-refractivity contribution is 4.97. The third kappa shape index (κ3) is 7.19. The van der Waals surface area contributed by atoms with Gasteiger partial charge in [-0.05, 0) is 0 Å². The number of aliphatic hydroxyl groups excluding tert-OH is 13. The Bertz CT molecular complexity index is 883. The molecule has 4 aliphatic rings. The van der Waals surface area contributed by atoms with Gasteiger partial charge >= 0.3 is 0 Å². The molecule has 0 spiro atoms. The number of ether oxygens (including phenoxy) is 7. The molecule has 258 valence electrons. The molecule has 0 radical (unpaired) electrons. The largest absolute Gasteiger partial charge is 0.394 e. The van der Waals surface area contributed by atoms with Crippen LogP contribution in [0.2, 0.25) is 0 Å². The van der Waals surface area contributed by atoms with Gasteiger partial charge < -0.3 is 99.5 Å². The average molecular weight is 651 g/mol. The van der Waals surface area contributed by atoms with Gasteiger partial charge in [0.25, 0.3) is 0 Å². The summed E-state index contributed by atoms with van der Waals surface area (Å²) in [4.78, 5) is 0. The first-order valence-electron chi connectivity index (χ1n) is 14.0. The maximum absolute atomic E-state index is 11.1. The lowest BCUT2D eigenvalue weighted by Crippen LogP contribution is -2.66. The van der Waals surface area contributed by atoms with Crippen LogP contribution in [-0.2, 0) is 33.2 Å². The zero-order valence-electron chi connectivity index (χ0n) is 23.2. The summed E-state index contributed by atoms with van der Waals surface area (Å²) in [5.74, 6) is 0. The molecule has 20 nitrogen and oxygen atoms in total. The van der Waals surface area contributed by atoms with Crippen LogP contribution in [0.5, 0.6) is 0 Å². The summed E-state index contributed by atoms with van der Waals surface area (Å²) in [6.45, 7) is -3.55. The Balaban J connectivity index is 1.53. The van der Waals surface area contributed by atoms with E-state index in [-0.39, 0.29) is 0 Å². The maximum Gasteiger partial charge on any atom is 0.187 e. The van der Waals surface area contributed by atoms with Crippen LogP contribution in [0.3, 0.4) is 0 Å². The van der Waals surface area contributed by atoms with Gasteiger partial charge in [0.05, 0.1) is 33.0 Å². The van der Waals surface area contributed by atoms with Gasteiger partial charge in [-0.2, -0.15) is 0 Å². The highest BCUT2D eigenvalue weighted by atomic mass is 16.8. The van der Waals surface area contributed by atoms with Crippen LogP contribution in [0.15, 0.2) is 0 Å². The molecular formula is C24H42O20. The molecule has 20 heteroatoms. The van der Waals surface area contributed by atoms with E-state index >= 15 is 0 Å². The number of hydrogen-bond acceptors (Lipinski definition) is 20. The Morgan fingerprint density at radius 3 is 1.25 bits per heavy atom. The van der Waals surface area contributed by atoms with E-state index in [0.717, 1.165) is 0 Å². The Kier molecular flexibility index (Phi) is 12.6. The Labute approximate surface area is 249 Å². The number of aliphatic hydroxyl groups is 13. The second-order valence-corrected chi connectivity index (χ2v) is 11.0. The van der Waals surface area contributed by atoms with Crippen LogP contribution in [0.25, 0.3) is 0 Å². The molecule has 0 amide bonds. The Morgan fingerprint density at radius 2 is 0.795 bits per heavy atom. The van der Waals surface area contributed by atoms with Crippen molar-refractivity contribution in [1.29, 1.82) is 0 Å². The Morgan fingerprint density at radius 1 is 0.409 bits per heavy atom. The van der Waals surface area contributed by atoms with E-state index in [2.05, 4.69) is 0 Å². The van der Waals surface area contributed by atoms with Gasteiger partial charge in [-0.3, -0.25) is 0 Å². The Hall–Kier alpha value is -0.800. The zero-order chi connectivity index (χ0) is 32.5. The molecular weight excluding hydrogens is 608 g/mol. The van der Waals surface area contributed by atoms with Gasteiger partial charge in [0.1, 0.15) is 97.7 Å². The number of hydrogen-bond donors (Lipinski definition) is 13. The quantitative estimate of drug-likeness (QED) is 0.104. The van der Waals surface area contributed by atoms with Crippen molar-refractivity contribution < 1.29 is 99.5 Å². The third-order valence-electron chi connectivity index (χ3n) is 8.15. The maximum atomic E-state index is 11.1. The van der Waals surface area contributed by atoms with Crippen LogP contribution in [0, 0.1) is 0 Å². The molecule has 4 aliphatic heterocycles. The van der Waals surface area contributed by atoms with Crippen molar-refractivity contribution in [1.82, 2.24) is 0 Å². The summed E-state index contributed by atoms with van der Waals surface area (Å²) in [5, 5.41) is 132. The van der Waals surface area contributed by atoms with Crippen LogP contribution >= 0.6 is 0 Å². The molecule has 0 bridgehead atoms. The van der Waals surface area contributed by atoms with E-state index < -0.39 is 150 Å². The van der Waals surface area contributed by atoms with Crippen molar-refractivity contribution in [2.24, 2.45) is 0 Å². The lowest BCUT2D eigenvalue weighted by atomic mass is 9.96. The molecule has 0 aromatic rings. The SMILES string of the molecule is OCC1OC(OC2C(OC3OC(CO)C(O)C(OC4OC(CO)C(O)C(O)C4O)C3O)COC(CO)C2O)C(O)C(O)C1O. The zero-order valence-corrected chi connectivity index (χ0v) is 23.2. The molecule has 4 saturated heterocycles. The predicted octanol–water partition coefficient (Wildman–Crippen LogP) is -9.07. The smallest absolute Gasteiger partial charge is 0.187 e. The van der Waals surface area contributed by atoms with E-state index in [1.807, 2.05) is 0 Å². The minimum absolute atomic E-state index is 0.443. The van der Waals surface area contributed by atoms with Crippen molar-refractivity contribution >= 4 is 0 Å². The van der Waals surface area contributed by atoms with Gasteiger partial charge in [-0.1, -0.05) is 0 Å². The first-order chi connectivity index (χ1) is 20.9. The summed E-state index contributed by atoms with van der Waals surface area (Å²) >= 11 is 0. The summed E-state index contributed by atoms with van der Waals surface area (Å²) in [6, 6.07) is 0. The van der Waals surface area contributed by atoms with E-state index in [0.29, 0.717) is 0 Å². The molecule has 4 fully saturated rings. The van der Waals surface area contributed by atoms with E-state index in [1.54, 1.807) is 0 Å². The highest BCUT2D eigenvalue weighted by Crippen LogP contribution is 2.33. The van der Waals surface area contributed by atoms with Crippen molar-refractivity contribution in [2.75, 3.05) is 33.0 Å². The fourth-order valence-electron chi connectivity index (χ4n) is 5.46. The molecule has 0 saturated carbocycles. The summed E-state index contributed by atoms with van der Waals surface area (Å²) in [7, 11) is 0. The molecule has 0 aliphatic carbocycles. The van der Waals surface area contributed by atoms with E-state index in [9.17, 15) is 66.4 Å². The minimum Gasteiger partial charge on any atom is -0.394 e. The van der Waals surface area contributed by atoms with Gasteiger partial charge in [0, 0.05) is 0 Å². The van der Waals surface area contributed by atoms with E-state index in [4.69, 9.17) is 33.2 Å². The minimum atomic E-state index is -1.94. The molecule has 44 heavy (non-hydrogen) atoms. The van der Waals surface area contributed by atoms with Gasteiger partial charge in [0.2, 0.25) is 0 Å². The molecule has 4 heterocycles. The molecule has 0 aromatic carbocycles. The fraction of sp³-hybridized carbons (Fsp3) is 1.00. The fourth-order valence-corrected chi connectivity index (χ4v) is 5.46. The summed E-state index contributed by atoms with van der Waals surface area (Å²) in [5.41, 5.74) is 0. The second-order valence-electron chi connectivity index (χ2n) is 11.0. The lowest BCUT2D eigenvalue weighted by molar-refractivity contribution is -0.379. The summed E-state index contributed by atoms with van der Waals surface area (Å²) < 4.78 is 38.6. The number of rotatable bonds is 10. The normalized spacial score (nSPS) is 52.2. The third-order valence-corrected chi connectivity index (χ3v) is 8.15. The molecule has 13 N–H and O–H groups in total. The van der Waals surface area contributed by atoms with Crippen molar-refractivity contribution in [2.45, 2.75) is 117 Å². The topological polar surface area (TPSA) is 328 Å². The molecule has 0 aromatic heterocycles. The van der Waals surface area contributed by atoms with Crippen molar-refractivity contribution in [3.63, 3.8) is 0 Å². The van der Waals surface area contributed by atoms with E-state index in [1.165, 1.54) is 0 Å². The second kappa shape index (κ2) is 15.4. The van der Waals surface area contributed by atoms with Crippen LogP contribution in [-0.4, -0.2) is 216 Å².